The lowest BCUT2D eigenvalue weighted by Gasteiger charge is -2.13. The van der Waals surface area contributed by atoms with Crippen LogP contribution in [0.15, 0.2) is 28.7 Å². The molecule has 0 saturated carbocycles. The summed E-state index contributed by atoms with van der Waals surface area (Å²) in [7, 11) is 0. The number of nitriles is 1. The van der Waals surface area contributed by atoms with Crippen LogP contribution in [0.3, 0.4) is 0 Å². The molecule has 1 atom stereocenters. The summed E-state index contributed by atoms with van der Waals surface area (Å²) < 4.78 is 5.74. The van der Waals surface area contributed by atoms with E-state index in [2.05, 4.69) is 15.9 Å². The third-order valence-corrected chi connectivity index (χ3v) is 2.31. The van der Waals surface area contributed by atoms with E-state index in [1.807, 2.05) is 18.2 Å². The van der Waals surface area contributed by atoms with Crippen molar-refractivity contribution in [3.63, 3.8) is 0 Å². The lowest BCUT2D eigenvalue weighted by atomic mass is 10.1. The van der Waals surface area contributed by atoms with Crippen molar-refractivity contribution in [3.8, 4) is 6.07 Å². The molecule has 0 heterocycles. The zero-order chi connectivity index (χ0) is 11.3. The van der Waals surface area contributed by atoms with E-state index in [0.717, 1.165) is 10.0 Å². The molecule has 0 aliphatic carbocycles. The zero-order valence-corrected chi connectivity index (χ0v) is 9.40. The molecule has 1 aromatic rings. The summed E-state index contributed by atoms with van der Waals surface area (Å²) in [6.07, 6.45) is -1.39. The summed E-state index contributed by atoms with van der Waals surface area (Å²) in [5.74, 6) is 0. The number of carbonyl (C=O) groups excluding carboxylic acids is 1. The van der Waals surface area contributed by atoms with Gasteiger partial charge in [-0.2, -0.15) is 5.26 Å². The average Bonchev–Trinajstić information content (AvgIpc) is 2.17. The minimum atomic E-state index is -0.877. The quantitative estimate of drug-likeness (QED) is 0.915. The van der Waals surface area contributed by atoms with Crippen molar-refractivity contribution in [3.05, 3.63) is 34.3 Å². The molecule has 78 valence electrons. The molecule has 0 fully saturated rings. The van der Waals surface area contributed by atoms with Gasteiger partial charge in [0.15, 0.2) is 0 Å². The monoisotopic (exact) mass is 268 g/mol. The number of nitrogens with two attached hydrogens (primary N) is 1. The number of ether oxygens (including phenoxy) is 1. The molecule has 1 amide bonds. The maximum absolute atomic E-state index is 10.6. The second-order valence-electron chi connectivity index (χ2n) is 2.84. The third kappa shape index (κ3) is 3.60. The van der Waals surface area contributed by atoms with Gasteiger partial charge in [-0.15, -0.1) is 0 Å². The van der Waals surface area contributed by atoms with Crippen LogP contribution in [0.4, 0.5) is 4.79 Å². The van der Waals surface area contributed by atoms with Gasteiger partial charge in [-0.25, -0.2) is 4.79 Å². The maximum Gasteiger partial charge on any atom is 0.405 e. The fraction of sp³-hybridized carbons (Fsp3) is 0.200. The molecule has 1 aromatic carbocycles. The molecule has 0 aliphatic heterocycles. The first-order chi connectivity index (χ1) is 7.13. The highest BCUT2D eigenvalue weighted by molar-refractivity contribution is 9.10. The average molecular weight is 269 g/mol. The summed E-state index contributed by atoms with van der Waals surface area (Å²) in [6, 6.07) is 9.11. The van der Waals surface area contributed by atoms with Crippen molar-refractivity contribution >= 4 is 22.0 Å². The van der Waals surface area contributed by atoms with E-state index in [4.69, 9.17) is 15.7 Å². The van der Waals surface area contributed by atoms with Crippen LogP contribution in [-0.2, 0) is 4.74 Å². The Morgan fingerprint density at radius 1 is 1.53 bits per heavy atom. The van der Waals surface area contributed by atoms with Gasteiger partial charge in [0.2, 0.25) is 0 Å². The molecule has 0 saturated heterocycles. The number of nitrogens with zero attached hydrogens (tertiary/aromatic N) is 1. The number of rotatable bonds is 3. The van der Waals surface area contributed by atoms with Gasteiger partial charge < -0.3 is 10.5 Å². The molecular weight excluding hydrogens is 260 g/mol. The number of amides is 1. The molecule has 0 aromatic heterocycles. The maximum atomic E-state index is 10.6. The highest BCUT2D eigenvalue weighted by Gasteiger charge is 2.14. The standard InChI is InChI=1S/C10H9BrN2O2/c11-8-3-1-7(2-4-8)9(5-6-12)15-10(13)14/h1-4,9H,5H2,(H2,13,14). The van der Waals surface area contributed by atoms with Crippen molar-refractivity contribution in [1.82, 2.24) is 0 Å². The van der Waals surface area contributed by atoms with Crippen LogP contribution in [-0.4, -0.2) is 6.09 Å². The van der Waals surface area contributed by atoms with Crippen LogP contribution >= 0.6 is 15.9 Å². The van der Waals surface area contributed by atoms with Crippen LogP contribution in [0.1, 0.15) is 18.1 Å². The first-order valence-electron chi connectivity index (χ1n) is 4.22. The highest BCUT2D eigenvalue weighted by atomic mass is 79.9. The van der Waals surface area contributed by atoms with E-state index in [0.29, 0.717) is 0 Å². The summed E-state index contributed by atoms with van der Waals surface area (Å²) in [5.41, 5.74) is 5.66. The van der Waals surface area contributed by atoms with E-state index in [1.165, 1.54) is 0 Å². The predicted octanol–water partition coefficient (Wildman–Crippen LogP) is 2.50. The van der Waals surface area contributed by atoms with Gasteiger partial charge >= 0.3 is 6.09 Å². The minimum Gasteiger partial charge on any atom is -0.440 e. The first kappa shape index (κ1) is 11.5. The van der Waals surface area contributed by atoms with E-state index in [-0.39, 0.29) is 6.42 Å². The molecule has 0 spiro atoms. The first-order valence-corrected chi connectivity index (χ1v) is 5.01. The summed E-state index contributed by atoms with van der Waals surface area (Å²) in [6.45, 7) is 0. The van der Waals surface area contributed by atoms with Crippen molar-refractivity contribution in [2.75, 3.05) is 0 Å². The van der Waals surface area contributed by atoms with Gasteiger partial charge in [0, 0.05) is 4.47 Å². The molecular formula is C10H9BrN2O2. The Morgan fingerprint density at radius 3 is 2.60 bits per heavy atom. The second-order valence-corrected chi connectivity index (χ2v) is 3.75. The Labute approximate surface area is 95.8 Å². The number of halogens is 1. The molecule has 15 heavy (non-hydrogen) atoms. The molecule has 4 nitrogen and oxygen atoms in total. The fourth-order valence-electron chi connectivity index (χ4n) is 1.13. The third-order valence-electron chi connectivity index (χ3n) is 1.78. The minimum absolute atomic E-state index is 0.0879. The largest absolute Gasteiger partial charge is 0.440 e. The molecule has 2 N–H and O–H groups in total. The van der Waals surface area contributed by atoms with Gasteiger partial charge in [-0.1, -0.05) is 28.1 Å². The van der Waals surface area contributed by atoms with Crippen LogP contribution in [0.5, 0.6) is 0 Å². The Morgan fingerprint density at radius 2 is 2.13 bits per heavy atom. The van der Waals surface area contributed by atoms with E-state index < -0.39 is 12.2 Å². The summed E-state index contributed by atoms with van der Waals surface area (Å²) in [5, 5.41) is 8.57. The smallest absolute Gasteiger partial charge is 0.405 e. The van der Waals surface area contributed by atoms with Gasteiger partial charge in [-0.3, -0.25) is 0 Å². The van der Waals surface area contributed by atoms with E-state index in [1.54, 1.807) is 12.1 Å². The van der Waals surface area contributed by atoms with Gasteiger partial charge in [-0.05, 0) is 17.7 Å². The van der Waals surface area contributed by atoms with Gasteiger partial charge in [0.1, 0.15) is 6.10 Å². The Hall–Kier alpha value is -1.54. The highest BCUT2D eigenvalue weighted by Crippen LogP contribution is 2.22. The van der Waals surface area contributed by atoms with Crippen LogP contribution < -0.4 is 5.73 Å². The number of hydrogen-bond acceptors (Lipinski definition) is 3. The second kappa shape index (κ2) is 5.37. The van der Waals surface area contributed by atoms with Gasteiger partial charge in [0.25, 0.3) is 0 Å². The summed E-state index contributed by atoms with van der Waals surface area (Å²) >= 11 is 3.29. The lowest BCUT2D eigenvalue weighted by Crippen LogP contribution is -2.17. The number of benzene rings is 1. The Balaban J connectivity index is 2.84. The Kier molecular flexibility index (Phi) is 4.13. The summed E-state index contributed by atoms with van der Waals surface area (Å²) in [4.78, 5) is 10.6. The van der Waals surface area contributed by atoms with Gasteiger partial charge in [0.05, 0.1) is 12.5 Å². The number of hydrogen-bond donors (Lipinski definition) is 1. The van der Waals surface area contributed by atoms with Crippen molar-refractivity contribution in [2.45, 2.75) is 12.5 Å². The molecule has 1 unspecified atom stereocenters. The van der Waals surface area contributed by atoms with Crippen LogP contribution in [0.25, 0.3) is 0 Å². The number of carbonyl (C=O) groups is 1. The predicted molar refractivity (Wildman–Crippen MR) is 57.8 cm³/mol. The van der Waals surface area contributed by atoms with Crippen molar-refractivity contribution in [2.24, 2.45) is 5.73 Å². The van der Waals surface area contributed by atoms with E-state index >= 15 is 0 Å². The Bertz CT molecular complexity index is 383. The molecule has 1 rings (SSSR count). The SMILES string of the molecule is N#CCC(OC(N)=O)c1ccc(Br)cc1. The molecule has 0 aliphatic rings. The molecule has 0 radical (unpaired) electrons. The fourth-order valence-corrected chi connectivity index (χ4v) is 1.39. The topological polar surface area (TPSA) is 76.1 Å². The van der Waals surface area contributed by atoms with Crippen LogP contribution in [0.2, 0.25) is 0 Å². The lowest BCUT2D eigenvalue weighted by molar-refractivity contribution is 0.109. The molecule has 5 heteroatoms. The zero-order valence-electron chi connectivity index (χ0n) is 7.81. The van der Waals surface area contributed by atoms with Crippen LogP contribution in [0, 0.1) is 11.3 Å². The molecule has 0 bridgehead atoms. The van der Waals surface area contributed by atoms with Crippen molar-refractivity contribution < 1.29 is 9.53 Å². The number of primary amides is 1. The van der Waals surface area contributed by atoms with E-state index in [9.17, 15) is 4.79 Å². The van der Waals surface area contributed by atoms with Crippen molar-refractivity contribution in [1.29, 1.82) is 5.26 Å². The normalized spacial score (nSPS) is 11.5.